The SMILES string of the molecule is N#CCC(=O)Nc1cccc(NC(=O)c2cccc(F)c2)c1. The summed E-state index contributed by atoms with van der Waals surface area (Å²) >= 11 is 0. The summed E-state index contributed by atoms with van der Waals surface area (Å²) in [6.07, 6.45) is -0.250. The Morgan fingerprint density at radius 2 is 1.73 bits per heavy atom. The van der Waals surface area contributed by atoms with E-state index >= 15 is 0 Å². The molecule has 0 aliphatic carbocycles. The van der Waals surface area contributed by atoms with Gasteiger partial charge in [0.1, 0.15) is 12.2 Å². The van der Waals surface area contributed by atoms with Crippen LogP contribution in [0.4, 0.5) is 15.8 Å². The van der Waals surface area contributed by atoms with Crippen LogP contribution >= 0.6 is 0 Å². The van der Waals surface area contributed by atoms with Crippen molar-refractivity contribution in [2.24, 2.45) is 0 Å². The maximum Gasteiger partial charge on any atom is 0.255 e. The molecule has 0 aromatic heterocycles. The van der Waals surface area contributed by atoms with E-state index in [1.54, 1.807) is 30.3 Å². The van der Waals surface area contributed by atoms with Gasteiger partial charge in [-0.25, -0.2) is 4.39 Å². The first-order valence-electron chi connectivity index (χ1n) is 6.42. The predicted octanol–water partition coefficient (Wildman–Crippen LogP) is 2.93. The first-order chi connectivity index (χ1) is 10.6. The van der Waals surface area contributed by atoms with Gasteiger partial charge in [0.15, 0.2) is 0 Å². The van der Waals surface area contributed by atoms with E-state index in [1.807, 2.05) is 0 Å². The number of nitrogens with zero attached hydrogens (tertiary/aromatic N) is 1. The van der Waals surface area contributed by atoms with Gasteiger partial charge < -0.3 is 10.6 Å². The van der Waals surface area contributed by atoms with Gasteiger partial charge in [-0.2, -0.15) is 5.26 Å². The fourth-order valence-electron chi connectivity index (χ4n) is 1.78. The molecular formula is C16H12FN3O2. The lowest BCUT2D eigenvalue weighted by atomic mass is 10.2. The number of benzene rings is 2. The van der Waals surface area contributed by atoms with Crippen molar-refractivity contribution < 1.29 is 14.0 Å². The predicted molar refractivity (Wildman–Crippen MR) is 79.7 cm³/mol. The first-order valence-corrected chi connectivity index (χ1v) is 6.42. The monoisotopic (exact) mass is 297 g/mol. The van der Waals surface area contributed by atoms with Crippen LogP contribution in [-0.2, 0) is 4.79 Å². The smallest absolute Gasteiger partial charge is 0.255 e. The van der Waals surface area contributed by atoms with E-state index in [9.17, 15) is 14.0 Å². The number of rotatable bonds is 4. The Kier molecular flexibility index (Phi) is 4.83. The second-order valence-corrected chi connectivity index (χ2v) is 4.43. The molecule has 0 bridgehead atoms. The molecule has 0 saturated heterocycles. The van der Waals surface area contributed by atoms with Gasteiger partial charge in [-0.3, -0.25) is 9.59 Å². The van der Waals surface area contributed by atoms with E-state index in [2.05, 4.69) is 10.6 Å². The van der Waals surface area contributed by atoms with E-state index in [-0.39, 0.29) is 12.0 Å². The van der Waals surface area contributed by atoms with Crippen LogP contribution in [0.2, 0.25) is 0 Å². The minimum atomic E-state index is -0.495. The van der Waals surface area contributed by atoms with Gasteiger partial charge >= 0.3 is 0 Å². The van der Waals surface area contributed by atoms with Crippen molar-refractivity contribution in [3.63, 3.8) is 0 Å². The number of carbonyl (C=O) groups is 2. The van der Waals surface area contributed by atoms with E-state index in [0.29, 0.717) is 11.4 Å². The molecule has 5 nitrogen and oxygen atoms in total. The Hall–Kier alpha value is -3.20. The van der Waals surface area contributed by atoms with Crippen LogP contribution in [0, 0.1) is 17.1 Å². The molecule has 2 aromatic carbocycles. The number of anilines is 2. The third kappa shape index (κ3) is 4.15. The fourth-order valence-corrected chi connectivity index (χ4v) is 1.78. The lowest BCUT2D eigenvalue weighted by Crippen LogP contribution is -2.13. The Labute approximate surface area is 126 Å². The molecule has 0 spiro atoms. The van der Waals surface area contributed by atoms with E-state index in [0.717, 1.165) is 6.07 Å². The minimum absolute atomic E-state index is 0.193. The quantitative estimate of drug-likeness (QED) is 0.910. The summed E-state index contributed by atoms with van der Waals surface area (Å²) in [7, 11) is 0. The topological polar surface area (TPSA) is 82.0 Å². The summed E-state index contributed by atoms with van der Waals surface area (Å²) in [6, 6.07) is 13.5. The highest BCUT2D eigenvalue weighted by molar-refractivity contribution is 6.04. The zero-order valence-electron chi connectivity index (χ0n) is 11.5. The molecule has 2 aromatic rings. The summed E-state index contributed by atoms with van der Waals surface area (Å²) in [4.78, 5) is 23.3. The molecule has 22 heavy (non-hydrogen) atoms. The average Bonchev–Trinajstić information content (AvgIpc) is 2.47. The van der Waals surface area contributed by atoms with Gasteiger partial charge in [0.05, 0.1) is 6.07 Å². The molecule has 2 N–H and O–H groups in total. The average molecular weight is 297 g/mol. The van der Waals surface area contributed by atoms with Crippen LogP contribution < -0.4 is 10.6 Å². The van der Waals surface area contributed by atoms with Gasteiger partial charge in [0, 0.05) is 16.9 Å². The Morgan fingerprint density at radius 1 is 1.05 bits per heavy atom. The molecule has 110 valence electrons. The van der Waals surface area contributed by atoms with Crippen molar-refractivity contribution in [2.75, 3.05) is 10.6 Å². The van der Waals surface area contributed by atoms with Crippen molar-refractivity contribution in [1.29, 1.82) is 5.26 Å². The van der Waals surface area contributed by atoms with Gasteiger partial charge in [-0.05, 0) is 36.4 Å². The van der Waals surface area contributed by atoms with Crippen molar-refractivity contribution in [1.82, 2.24) is 0 Å². The zero-order chi connectivity index (χ0) is 15.9. The summed E-state index contributed by atoms with van der Waals surface area (Å²) in [6.45, 7) is 0. The van der Waals surface area contributed by atoms with Crippen LogP contribution in [0.1, 0.15) is 16.8 Å². The lowest BCUT2D eigenvalue weighted by Gasteiger charge is -2.08. The van der Waals surface area contributed by atoms with E-state index < -0.39 is 17.6 Å². The number of amides is 2. The molecule has 0 atom stereocenters. The highest BCUT2D eigenvalue weighted by Crippen LogP contribution is 2.16. The molecule has 0 unspecified atom stereocenters. The van der Waals surface area contributed by atoms with Gasteiger partial charge in [0.2, 0.25) is 5.91 Å². The second kappa shape index (κ2) is 6.99. The molecular weight excluding hydrogens is 285 g/mol. The maximum atomic E-state index is 13.1. The van der Waals surface area contributed by atoms with Crippen molar-refractivity contribution in [3.8, 4) is 6.07 Å². The molecule has 6 heteroatoms. The van der Waals surface area contributed by atoms with Crippen molar-refractivity contribution >= 4 is 23.2 Å². The summed E-state index contributed by atoms with van der Waals surface area (Å²) < 4.78 is 13.1. The van der Waals surface area contributed by atoms with Crippen LogP contribution in [-0.4, -0.2) is 11.8 Å². The Bertz CT molecular complexity index is 753. The lowest BCUT2D eigenvalue weighted by molar-refractivity contribution is -0.115. The third-order valence-electron chi connectivity index (χ3n) is 2.73. The largest absolute Gasteiger partial charge is 0.325 e. The van der Waals surface area contributed by atoms with Crippen LogP contribution in [0.15, 0.2) is 48.5 Å². The van der Waals surface area contributed by atoms with Gasteiger partial charge in [-0.1, -0.05) is 12.1 Å². The first kappa shape index (κ1) is 15.2. The van der Waals surface area contributed by atoms with Crippen LogP contribution in [0.25, 0.3) is 0 Å². The molecule has 0 fully saturated rings. The summed E-state index contributed by atoms with van der Waals surface area (Å²) in [5.74, 6) is -1.39. The third-order valence-corrected chi connectivity index (χ3v) is 2.73. The van der Waals surface area contributed by atoms with Crippen LogP contribution in [0.5, 0.6) is 0 Å². The Morgan fingerprint density at radius 3 is 2.41 bits per heavy atom. The number of carbonyl (C=O) groups excluding carboxylic acids is 2. The number of nitriles is 1. The van der Waals surface area contributed by atoms with Crippen LogP contribution in [0.3, 0.4) is 0 Å². The number of hydrogen-bond donors (Lipinski definition) is 2. The van der Waals surface area contributed by atoms with Gasteiger partial charge in [-0.15, -0.1) is 0 Å². The fraction of sp³-hybridized carbons (Fsp3) is 0.0625. The Balaban J connectivity index is 2.09. The highest BCUT2D eigenvalue weighted by atomic mass is 19.1. The second-order valence-electron chi connectivity index (χ2n) is 4.43. The standard InChI is InChI=1S/C16H12FN3O2/c17-12-4-1-3-11(9-12)16(22)20-14-6-2-5-13(10-14)19-15(21)7-8-18/h1-6,9-10H,7H2,(H,19,21)(H,20,22). The molecule has 0 aliphatic rings. The molecule has 0 radical (unpaired) electrons. The van der Waals surface area contributed by atoms with E-state index in [4.69, 9.17) is 5.26 Å². The van der Waals surface area contributed by atoms with E-state index in [1.165, 1.54) is 18.2 Å². The molecule has 2 rings (SSSR count). The maximum absolute atomic E-state index is 13.1. The van der Waals surface area contributed by atoms with Crippen molar-refractivity contribution in [3.05, 3.63) is 59.9 Å². The molecule has 0 saturated carbocycles. The number of halogens is 1. The summed E-state index contributed by atoms with van der Waals surface area (Å²) in [5.41, 5.74) is 1.10. The zero-order valence-corrected chi connectivity index (χ0v) is 11.5. The highest BCUT2D eigenvalue weighted by Gasteiger charge is 2.08. The minimum Gasteiger partial charge on any atom is -0.325 e. The number of nitrogens with one attached hydrogen (secondary N) is 2. The summed E-state index contributed by atoms with van der Waals surface area (Å²) in [5, 5.41) is 13.6. The number of hydrogen-bond acceptors (Lipinski definition) is 3. The van der Waals surface area contributed by atoms with Crippen molar-refractivity contribution in [2.45, 2.75) is 6.42 Å². The molecule has 2 amide bonds. The normalized spacial score (nSPS) is 9.64. The molecule has 0 heterocycles. The molecule has 0 aliphatic heterocycles. The van der Waals surface area contributed by atoms with Gasteiger partial charge in [0.25, 0.3) is 5.91 Å².